The number of fused-ring (bicyclic) bond motifs is 1. The number of furan rings is 1. The van der Waals surface area contributed by atoms with E-state index in [2.05, 4.69) is 0 Å². The quantitative estimate of drug-likeness (QED) is 0.896. The lowest BCUT2D eigenvalue weighted by molar-refractivity contribution is 0.0696. The third kappa shape index (κ3) is 3.09. The summed E-state index contributed by atoms with van der Waals surface area (Å²) in [5.74, 6) is -0.585. The molecule has 3 rings (SSSR count). The van der Waals surface area contributed by atoms with Crippen molar-refractivity contribution in [1.29, 1.82) is 0 Å². The van der Waals surface area contributed by atoms with Crippen molar-refractivity contribution in [2.24, 2.45) is 0 Å². The Hall–Kier alpha value is -2.12. The molecule has 0 atom stereocenters. The predicted octanol–water partition coefficient (Wildman–Crippen LogP) is 2.68. The van der Waals surface area contributed by atoms with E-state index < -0.39 is 16.0 Å². The van der Waals surface area contributed by atoms with E-state index in [0.717, 1.165) is 24.0 Å². The highest BCUT2D eigenvalue weighted by molar-refractivity contribution is 7.89. The van der Waals surface area contributed by atoms with E-state index in [9.17, 15) is 18.3 Å². The fraction of sp³-hybridized carbons (Fsp3) is 0.353. The molecule has 0 radical (unpaired) electrons. The van der Waals surface area contributed by atoms with E-state index in [0.29, 0.717) is 18.6 Å². The Balaban J connectivity index is 2.05. The van der Waals surface area contributed by atoms with Crippen molar-refractivity contribution in [3.8, 4) is 0 Å². The Morgan fingerprint density at radius 1 is 1.29 bits per heavy atom. The third-order valence-corrected chi connectivity index (χ3v) is 6.19. The second kappa shape index (κ2) is 6.41. The maximum absolute atomic E-state index is 13.0. The predicted molar refractivity (Wildman–Crippen MR) is 87.4 cm³/mol. The summed E-state index contributed by atoms with van der Waals surface area (Å²) < 4.78 is 32.4. The van der Waals surface area contributed by atoms with Crippen LogP contribution in [-0.4, -0.2) is 30.8 Å². The molecule has 0 saturated heterocycles. The zero-order valence-corrected chi connectivity index (χ0v) is 14.2. The molecule has 0 unspecified atom stereocenters. The van der Waals surface area contributed by atoms with E-state index in [1.807, 2.05) is 0 Å². The minimum absolute atomic E-state index is 0.0145. The van der Waals surface area contributed by atoms with Gasteiger partial charge in [-0.3, -0.25) is 0 Å². The summed E-state index contributed by atoms with van der Waals surface area (Å²) in [7, 11) is -2.33. The molecule has 128 valence electrons. The first-order valence-electron chi connectivity index (χ1n) is 7.77. The SMILES string of the molecule is CN(Cc1ccco1)S(=O)(=O)c1cc(C(=O)O)cc2c1CCCC2. The number of aromatic carboxylic acids is 1. The minimum Gasteiger partial charge on any atom is -0.478 e. The fourth-order valence-electron chi connectivity index (χ4n) is 3.06. The molecule has 1 N–H and O–H groups in total. The molecule has 7 heteroatoms. The molecule has 1 aromatic heterocycles. The van der Waals surface area contributed by atoms with Crippen molar-refractivity contribution in [3.63, 3.8) is 0 Å². The van der Waals surface area contributed by atoms with E-state index in [1.54, 1.807) is 18.2 Å². The van der Waals surface area contributed by atoms with Crippen molar-refractivity contribution in [2.75, 3.05) is 7.05 Å². The lowest BCUT2D eigenvalue weighted by Crippen LogP contribution is -2.28. The summed E-state index contributed by atoms with van der Waals surface area (Å²) in [6, 6.07) is 6.28. The molecule has 1 heterocycles. The van der Waals surface area contributed by atoms with Crippen LogP contribution in [0.15, 0.2) is 39.8 Å². The number of rotatable bonds is 5. The second-order valence-electron chi connectivity index (χ2n) is 5.96. The molecular formula is C17H19NO5S. The number of carboxylic acids is 1. The van der Waals surface area contributed by atoms with Crippen LogP contribution in [0.25, 0.3) is 0 Å². The number of sulfonamides is 1. The maximum atomic E-state index is 13.0. The summed E-state index contributed by atoms with van der Waals surface area (Å²) in [5.41, 5.74) is 1.59. The van der Waals surface area contributed by atoms with Gasteiger partial charge >= 0.3 is 5.97 Å². The van der Waals surface area contributed by atoms with Gasteiger partial charge in [0.25, 0.3) is 0 Å². The average molecular weight is 349 g/mol. The van der Waals surface area contributed by atoms with Crippen molar-refractivity contribution in [3.05, 3.63) is 53.0 Å². The first-order chi connectivity index (χ1) is 11.4. The second-order valence-corrected chi connectivity index (χ2v) is 7.98. The van der Waals surface area contributed by atoms with Gasteiger partial charge in [0.2, 0.25) is 10.0 Å². The largest absolute Gasteiger partial charge is 0.478 e. The normalized spacial score (nSPS) is 14.6. The summed E-state index contributed by atoms with van der Waals surface area (Å²) in [6.07, 6.45) is 4.70. The molecule has 0 bridgehead atoms. The molecule has 1 aromatic carbocycles. The van der Waals surface area contributed by atoms with Crippen LogP contribution < -0.4 is 0 Å². The number of hydrogen-bond donors (Lipinski definition) is 1. The summed E-state index contributed by atoms with van der Waals surface area (Å²) in [4.78, 5) is 11.5. The molecule has 0 amide bonds. The Bertz CT molecular complexity index is 855. The third-order valence-electron chi connectivity index (χ3n) is 4.32. The van der Waals surface area contributed by atoms with Crippen LogP contribution in [0.4, 0.5) is 0 Å². The smallest absolute Gasteiger partial charge is 0.335 e. The summed E-state index contributed by atoms with van der Waals surface area (Å²) >= 11 is 0. The Morgan fingerprint density at radius 2 is 2.04 bits per heavy atom. The number of carbonyl (C=O) groups is 1. The number of nitrogens with zero attached hydrogens (tertiary/aromatic N) is 1. The van der Waals surface area contributed by atoms with Crippen LogP contribution in [0.3, 0.4) is 0 Å². The van der Waals surface area contributed by atoms with Crippen LogP contribution in [0, 0.1) is 0 Å². The van der Waals surface area contributed by atoms with Gasteiger partial charge < -0.3 is 9.52 Å². The zero-order valence-electron chi connectivity index (χ0n) is 13.4. The molecule has 2 aromatic rings. The summed E-state index contributed by atoms with van der Waals surface area (Å²) in [6.45, 7) is 0.0986. The van der Waals surface area contributed by atoms with E-state index in [-0.39, 0.29) is 17.0 Å². The van der Waals surface area contributed by atoms with Crippen molar-refractivity contribution in [1.82, 2.24) is 4.31 Å². The Morgan fingerprint density at radius 3 is 2.71 bits per heavy atom. The zero-order chi connectivity index (χ0) is 17.3. The maximum Gasteiger partial charge on any atom is 0.335 e. The number of benzene rings is 1. The molecule has 0 aliphatic heterocycles. The van der Waals surface area contributed by atoms with Crippen LogP contribution >= 0.6 is 0 Å². The van der Waals surface area contributed by atoms with Gasteiger partial charge in [0.15, 0.2) is 0 Å². The first-order valence-corrected chi connectivity index (χ1v) is 9.21. The lowest BCUT2D eigenvalue weighted by atomic mass is 9.90. The van der Waals surface area contributed by atoms with Gasteiger partial charge in [-0.15, -0.1) is 0 Å². The molecule has 0 spiro atoms. The van der Waals surface area contributed by atoms with Crippen LogP contribution in [-0.2, 0) is 29.4 Å². The van der Waals surface area contributed by atoms with Crippen LogP contribution in [0.1, 0.15) is 40.1 Å². The summed E-state index contributed by atoms with van der Waals surface area (Å²) in [5, 5.41) is 9.30. The number of aryl methyl sites for hydroxylation is 1. The lowest BCUT2D eigenvalue weighted by Gasteiger charge is -2.23. The van der Waals surface area contributed by atoms with E-state index >= 15 is 0 Å². The molecular weight excluding hydrogens is 330 g/mol. The Labute approximate surface area is 140 Å². The van der Waals surface area contributed by atoms with Gasteiger partial charge in [-0.25, -0.2) is 13.2 Å². The fourth-order valence-corrected chi connectivity index (χ4v) is 4.51. The van der Waals surface area contributed by atoms with Crippen LogP contribution in [0.5, 0.6) is 0 Å². The number of carboxylic acid groups (broad SMARTS) is 1. The van der Waals surface area contributed by atoms with Gasteiger partial charge in [-0.2, -0.15) is 4.31 Å². The van der Waals surface area contributed by atoms with Crippen molar-refractivity contribution >= 4 is 16.0 Å². The molecule has 0 fully saturated rings. The molecule has 6 nitrogen and oxygen atoms in total. The van der Waals surface area contributed by atoms with Gasteiger partial charge in [-0.1, -0.05) is 0 Å². The van der Waals surface area contributed by atoms with Crippen molar-refractivity contribution in [2.45, 2.75) is 37.1 Å². The average Bonchev–Trinajstić information content (AvgIpc) is 3.06. The first kappa shape index (κ1) is 16.7. The van der Waals surface area contributed by atoms with Crippen LogP contribution in [0.2, 0.25) is 0 Å². The molecule has 0 saturated carbocycles. The van der Waals surface area contributed by atoms with Crippen molar-refractivity contribution < 1.29 is 22.7 Å². The van der Waals surface area contributed by atoms with Gasteiger partial charge in [0, 0.05) is 7.05 Å². The Kier molecular flexibility index (Phi) is 4.47. The van der Waals surface area contributed by atoms with Gasteiger partial charge in [-0.05, 0) is 61.1 Å². The standard InChI is InChI=1S/C17H19NO5S/c1-18(11-14-6-4-8-23-14)24(21,22)16-10-13(17(19)20)9-12-5-2-3-7-15(12)16/h4,6,8-10H,2-3,5,7,11H2,1H3,(H,19,20). The monoisotopic (exact) mass is 349 g/mol. The highest BCUT2D eigenvalue weighted by Gasteiger charge is 2.28. The number of hydrogen-bond acceptors (Lipinski definition) is 4. The highest BCUT2D eigenvalue weighted by Crippen LogP contribution is 2.31. The minimum atomic E-state index is -3.80. The molecule has 1 aliphatic rings. The van der Waals surface area contributed by atoms with E-state index in [1.165, 1.54) is 23.7 Å². The highest BCUT2D eigenvalue weighted by atomic mass is 32.2. The molecule has 24 heavy (non-hydrogen) atoms. The van der Waals surface area contributed by atoms with Gasteiger partial charge in [0.1, 0.15) is 5.76 Å². The van der Waals surface area contributed by atoms with Gasteiger partial charge in [0.05, 0.1) is 23.3 Å². The van der Waals surface area contributed by atoms with E-state index in [4.69, 9.17) is 4.42 Å². The molecule has 1 aliphatic carbocycles. The topological polar surface area (TPSA) is 87.8 Å².